The van der Waals surface area contributed by atoms with E-state index in [1.807, 2.05) is 0 Å². The van der Waals surface area contributed by atoms with E-state index >= 15 is 0 Å². The van der Waals surface area contributed by atoms with Crippen molar-refractivity contribution in [2.45, 2.75) is 23.8 Å². The lowest BCUT2D eigenvalue weighted by molar-refractivity contribution is -0.384. The number of methoxy groups -OCH3 is 1. The highest BCUT2D eigenvalue weighted by molar-refractivity contribution is 7.89. The number of ether oxygens (including phenoxy) is 1. The summed E-state index contributed by atoms with van der Waals surface area (Å²) in [6.45, 7) is 0.503. The number of amides is 1. The summed E-state index contributed by atoms with van der Waals surface area (Å²) in [5.74, 6) is 0.149. The number of non-ortho nitro benzene ring substituents is 1. The molecule has 1 amide bonds. The van der Waals surface area contributed by atoms with Crippen LogP contribution in [0.1, 0.15) is 23.2 Å². The van der Waals surface area contributed by atoms with Gasteiger partial charge in [0.25, 0.3) is 11.6 Å². The number of carbonyl (C=O) groups is 1. The molecule has 1 aromatic heterocycles. The highest BCUT2D eigenvalue weighted by Gasteiger charge is 2.31. The van der Waals surface area contributed by atoms with Gasteiger partial charge in [-0.25, -0.2) is 8.42 Å². The van der Waals surface area contributed by atoms with E-state index in [1.54, 1.807) is 24.4 Å². The van der Waals surface area contributed by atoms with E-state index in [-0.39, 0.29) is 35.6 Å². The quantitative estimate of drug-likeness (QED) is 0.433. The third kappa shape index (κ3) is 4.50. The lowest BCUT2D eigenvalue weighted by Crippen LogP contribution is -2.46. The van der Waals surface area contributed by atoms with Crippen LogP contribution in [-0.4, -0.2) is 54.8 Å². The Kier molecular flexibility index (Phi) is 6.25. The molecule has 1 N–H and O–H groups in total. The SMILES string of the molecule is COc1ccc(S(=O)(=O)N2CCC(NC(=O)c3ccc([N+](=O)[O-])cc3)CC2)c2cccnc12. The first kappa shape index (κ1) is 22.6. The number of benzene rings is 2. The summed E-state index contributed by atoms with van der Waals surface area (Å²) >= 11 is 0. The van der Waals surface area contributed by atoms with Gasteiger partial charge in [0.1, 0.15) is 11.3 Å². The van der Waals surface area contributed by atoms with Crippen LogP contribution in [0.5, 0.6) is 5.75 Å². The molecular formula is C22H22N4O6S. The molecule has 1 aliphatic heterocycles. The Labute approximate surface area is 190 Å². The fraction of sp³-hybridized carbons (Fsp3) is 0.273. The number of sulfonamides is 1. The maximum absolute atomic E-state index is 13.4. The molecule has 33 heavy (non-hydrogen) atoms. The lowest BCUT2D eigenvalue weighted by atomic mass is 10.1. The van der Waals surface area contributed by atoms with Gasteiger partial charge in [-0.15, -0.1) is 0 Å². The first-order valence-corrected chi connectivity index (χ1v) is 11.7. The fourth-order valence-electron chi connectivity index (χ4n) is 3.89. The maximum Gasteiger partial charge on any atom is 0.269 e. The second kappa shape index (κ2) is 9.12. The van der Waals surface area contributed by atoms with E-state index in [2.05, 4.69) is 10.3 Å². The molecule has 10 nitrogen and oxygen atoms in total. The standard InChI is InChI=1S/C22H22N4O6S/c1-32-19-8-9-20(18-3-2-12-23-21(18)19)33(30,31)25-13-10-16(11-14-25)24-22(27)15-4-6-17(7-5-15)26(28)29/h2-9,12,16H,10-11,13-14H2,1H3,(H,24,27). The van der Waals surface area contributed by atoms with E-state index in [1.165, 1.54) is 41.7 Å². The molecule has 11 heteroatoms. The summed E-state index contributed by atoms with van der Waals surface area (Å²) in [5.41, 5.74) is 0.700. The fourth-order valence-corrected chi connectivity index (χ4v) is 5.55. The predicted molar refractivity (Wildman–Crippen MR) is 121 cm³/mol. The molecule has 4 rings (SSSR count). The van der Waals surface area contributed by atoms with Gasteiger partial charge < -0.3 is 10.1 Å². The Bertz CT molecular complexity index is 1300. The number of nitrogens with one attached hydrogen (secondary N) is 1. The van der Waals surface area contributed by atoms with Crippen molar-refractivity contribution >= 4 is 32.5 Å². The van der Waals surface area contributed by atoms with Crippen molar-refractivity contribution in [2.24, 2.45) is 0 Å². The Morgan fingerprint density at radius 2 is 1.85 bits per heavy atom. The normalized spacial score (nSPS) is 15.3. The molecule has 2 heterocycles. The first-order valence-electron chi connectivity index (χ1n) is 10.3. The number of piperidine rings is 1. The van der Waals surface area contributed by atoms with Crippen LogP contribution in [0.25, 0.3) is 10.9 Å². The van der Waals surface area contributed by atoms with E-state index in [0.29, 0.717) is 35.1 Å². The van der Waals surface area contributed by atoms with Crippen molar-refractivity contribution in [3.05, 3.63) is 70.4 Å². The molecule has 1 aliphatic rings. The highest BCUT2D eigenvalue weighted by atomic mass is 32.2. The minimum atomic E-state index is -3.77. The van der Waals surface area contributed by atoms with Gasteiger partial charge in [0.2, 0.25) is 10.0 Å². The number of nitrogens with zero attached hydrogens (tertiary/aromatic N) is 3. The average Bonchev–Trinajstić information content (AvgIpc) is 2.83. The number of hydrogen-bond acceptors (Lipinski definition) is 7. The minimum absolute atomic E-state index is 0.0914. The summed E-state index contributed by atoms with van der Waals surface area (Å²) < 4.78 is 33.4. The van der Waals surface area contributed by atoms with Crippen LogP contribution in [0.4, 0.5) is 5.69 Å². The van der Waals surface area contributed by atoms with Crippen molar-refractivity contribution in [1.29, 1.82) is 0 Å². The molecule has 0 saturated carbocycles. The summed E-state index contributed by atoms with van der Waals surface area (Å²) in [6, 6.07) is 11.7. The van der Waals surface area contributed by atoms with Gasteiger partial charge in [-0.3, -0.25) is 19.9 Å². The highest BCUT2D eigenvalue weighted by Crippen LogP contribution is 2.32. The van der Waals surface area contributed by atoms with Crippen molar-refractivity contribution in [3.63, 3.8) is 0 Å². The number of hydrogen-bond donors (Lipinski definition) is 1. The van der Waals surface area contributed by atoms with Crippen molar-refractivity contribution in [3.8, 4) is 5.75 Å². The van der Waals surface area contributed by atoms with Gasteiger partial charge in [0, 0.05) is 48.4 Å². The first-order chi connectivity index (χ1) is 15.8. The van der Waals surface area contributed by atoms with Crippen molar-refractivity contribution in [1.82, 2.24) is 14.6 Å². The molecule has 0 unspecified atom stereocenters. The molecule has 0 aliphatic carbocycles. The summed E-state index contributed by atoms with van der Waals surface area (Å²) in [6.07, 6.45) is 2.48. The number of carbonyl (C=O) groups excluding carboxylic acids is 1. The number of rotatable bonds is 6. The number of aromatic nitrogens is 1. The second-order valence-corrected chi connectivity index (χ2v) is 9.53. The van der Waals surface area contributed by atoms with Gasteiger partial charge in [0.05, 0.1) is 16.9 Å². The number of nitro groups is 1. The van der Waals surface area contributed by atoms with E-state index in [9.17, 15) is 23.3 Å². The third-order valence-corrected chi connectivity index (χ3v) is 7.62. The van der Waals surface area contributed by atoms with Gasteiger partial charge in [-0.2, -0.15) is 4.31 Å². The molecule has 0 spiro atoms. The van der Waals surface area contributed by atoms with Crippen molar-refractivity contribution < 1.29 is 22.9 Å². The maximum atomic E-state index is 13.4. The number of fused-ring (bicyclic) bond motifs is 1. The molecule has 2 aromatic carbocycles. The van der Waals surface area contributed by atoms with Gasteiger partial charge >= 0.3 is 0 Å². The zero-order valence-electron chi connectivity index (χ0n) is 17.8. The Hall–Kier alpha value is -3.57. The lowest BCUT2D eigenvalue weighted by Gasteiger charge is -2.32. The molecule has 0 radical (unpaired) electrons. The monoisotopic (exact) mass is 470 g/mol. The van der Waals surface area contributed by atoms with Gasteiger partial charge in [-0.1, -0.05) is 0 Å². The minimum Gasteiger partial charge on any atom is -0.494 e. The summed E-state index contributed by atoms with van der Waals surface area (Å²) in [5, 5.41) is 14.1. The summed E-state index contributed by atoms with van der Waals surface area (Å²) in [7, 11) is -2.26. The van der Waals surface area contributed by atoms with E-state index < -0.39 is 14.9 Å². The predicted octanol–water partition coefficient (Wildman–Crippen LogP) is 2.73. The van der Waals surface area contributed by atoms with Gasteiger partial charge in [0.15, 0.2) is 0 Å². The van der Waals surface area contributed by atoms with Crippen LogP contribution in [0.15, 0.2) is 59.6 Å². The smallest absolute Gasteiger partial charge is 0.269 e. The van der Waals surface area contributed by atoms with Crippen LogP contribution in [0.2, 0.25) is 0 Å². The molecule has 0 bridgehead atoms. The third-order valence-electron chi connectivity index (χ3n) is 5.66. The topological polar surface area (TPSA) is 132 Å². The number of pyridine rings is 1. The molecule has 3 aromatic rings. The van der Waals surface area contributed by atoms with Crippen LogP contribution in [0, 0.1) is 10.1 Å². The Balaban J connectivity index is 1.45. The van der Waals surface area contributed by atoms with Crippen LogP contribution in [0.3, 0.4) is 0 Å². The molecule has 1 fully saturated rings. The molecule has 1 saturated heterocycles. The largest absolute Gasteiger partial charge is 0.494 e. The Morgan fingerprint density at radius 3 is 2.48 bits per heavy atom. The average molecular weight is 471 g/mol. The van der Waals surface area contributed by atoms with Crippen LogP contribution >= 0.6 is 0 Å². The molecule has 172 valence electrons. The Morgan fingerprint density at radius 1 is 1.15 bits per heavy atom. The van der Waals surface area contributed by atoms with Gasteiger partial charge in [-0.05, 0) is 49.2 Å². The van der Waals surface area contributed by atoms with E-state index in [4.69, 9.17) is 4.74 Å². The van der Waals surface area contributed by atoms with E-state index in [0.717, 1.165) is 0 Å². The second-order valence-electron chi connectivity index (χ2n) is 7.62. The molecular weight excluding hydrogens is 448 g/mol. The van der Waals surface area contributed by atoms with Crippen molar-refractivity contribution in [2.75, 3.05) is 20.2 Å². The zero-order valence-corrected chi connectivity index (χ0v) is 18.6. The number of nitro benzene ring substituents is 1. The summed E-state index contributed by atoms with van der Waals surface area (Å²) in [4.78, 5) is 27.1. The zero-order chi connectivity index (χ0) is 23.6. The van der Waals surface area contributed by atoms with Crippen LogP contribution < -0.4 is 10.1 Å². The van der Waals surface area contributed by atoms with Crippen LogP contribution in [-0.2, 0) is 10.0 Å². The molecule has 0 atom stereocenters.